The molecule has 0 aliphatic heterocycles. The zero-order chi connectivity index (χ0) is 14.4. The Bertz CT molecular complexity index is 664. The number of hydrogen-bond donors (Lipinski definition) is 0. The fraction of sp³-hybridized carbons (Fsp3) is 0.333. The van der Waals surface area contributed by atoms with Crippen LogP contribution in [-0.2, 0) is 13.1 Å². The molecular weight excluding hydrogens is 254 g/mol. The number of aryl methyl sites for hydroxylation is 2. The second-order valence-electron chi connectivity index (χ2n) is 4.40. The lowest BCUT2D eigenvalue weighted by atomic mass is 10.2. The summed E-state index contributed by atoms with van der Waals surface area (Å²) in [7, 11) is 0. The van der Waals surface area contributed by atoms with Crippen molar-refractivity contribution in [2.75, 3.05) is 6.61 Å². The first kappa shape index (κ1) is 13.9. The molecule has 0 spiro atoms. The molecular formula is C15H17N3O2. The quantitative estimate of drug-likeness (QED) is 0.755. The molecule has 0 radical (unpaired) electrons. The predicted octanol–water partition coefficient (Wildman–Crippen LogP) is 2.01. The summed E-state index contributed by atoms with van der Waals surface area (Å²) < 4.78 is 8.91. The van der Waals surface area contributed by atoms with Crippen molar-refractivity contribution in [3.8, 4) is 11.8 Å². The SMILES string of the molecule is CCn1ccn(CCCOc2cccc(C#N)c2)c1=O. The van der Waals surface area contributed by atoms with Crippen LogP contribution in [0.25, 0.3) is 0 Å². The summed E-state index contributed by atoms with van der Waals surface area (Å²) in [6, 6.07) is 9.13. The molecule has 0 atom stereocenters. The van der Waals surface area contributed by atoms with Gasteiger partial charge in [-0.05, 0) is 31.5 Å². The molecule has 0 unspecified atom stereocenters. The lowest BCUT2D eigenvalue weighted by molar-refractivity contribution is 0.300. The molecule has 5 heteroatoms. The zero-order valence-corrected chi connectivity index (χ0v) is 11.5. The van der Waals surface area contributed by atoms with Gasteiger partial charge in [-0.25, -0.2) is 4.79 Å². The maximum atomic E-state index is 11.8. The van der Waals surface area contributed by atoms with Crippen LogP contribution in [0, 0.1) is 11.3 Å². The van der Waals surface area contributed by atoms with Crippen molar-refractivity contribution >= 4 is 0 Å². The number of aromatic nitrogens is 2. The molecule has 0 N–H and O–H groups in total. The molecule has 5 nitrogen and oxygen atoms in total. The van der Waals surface area contributed by atoms with Crippen LogP contribution in [-0.4, -0.2) is 15.7 Å². The number of hydrogen-bond acceptors (Lipinski definition) is 3. The molecule has 2 rings (SSSR count). The summed E-state index contributed by atoms with van der Waals surface area (Å²) in [4.78, 5) is 11.8. The van der Waals surface area contributed by atoms with Crippen LogP contribution in [0.15, 0.2) is 41.5 Å². The Kier molecular flexibility index (Phi) is 4.61. The van der Waals surface area contributed by atoms with Gasteiger partial charge in [0.05, 0.1) is 18.2 Å². The third-order valence-corrected chi connectivity index (χ3v) is 3.03. The summed E-state index contributed by atoms with van der Waals surface area (Å²) in [6.45, 7) is 3.77. The Morgan fingerprint density at radius 3 is 2.80 bits per heavy atom. The van der Waals surface area contributed by atoms with Gasteiger partial charge >= 0.3 is 5.69 Å². The molecule has 20 heavy (non-hydrogen) atoms. The highest BCUT2D eigenvalue weighted by atomic mass is 16.5. The van der Waals surface area contributed by atoms with Crippen LogP contribution in [0.3, 0.4) is 0 Å². The first-order valence-corrected chi connectivity index (χ1v) is 6.63. The molecule has 0 amide bonds. The van der Waals surface area contributed by atoms with E-state index in [2.05, 4.69) is 6.07 Å². The van der Waals surface area contributed by atoms with Gasteiger partial charge in [0.15, 0.2) is 0 Å². The van der Waals surface area contributed by atoms with Gasteiger partial charge in [-0.1, -0.05) is 6.07 Å². The Morgan fingerprint density at radius 1 is 1.30 bits per heavy atom. The summed E-state index contributed by atoms with van der Waals surface area (Å²) in [5.41, 5.74) is 0.595. The molecule has 2 aromatic rings. The van der Waals surface area contributed by atoms with Gasteiger partial charge in [0, 0.05) is 25.5 Å². The largest absolute Gasteiger partial charge is 0.493 e. The van der Waals surface area contributed by atoms with Crippen molar-refractivity contribution in [1.29, 1.82) is 5.26 Å². The van der Waals surface area contributed by atoms with Gasteiger partial charge in [-0.2, -0.15) is 5.26 Å². The number of nitrogens with zero attached hydrogens (tertiary/aromatic N) is 3. The molecule has 0 saturated carbocycles. The first-order valence-electron chi connectivity index (χ1n) is 6.63. The van der Waals surface area contributed by atoms with E-state index in [1.165, 1.54) is 0 Å². The number of ether oxygens (including phenoxy) is 1. The second-order valence-corrected chi connectivity index (χ2v) is 4.40. The van der Waals surface area contributed by atoms with Crippen molar-refractivity contribution in [2.45, 2.75) is 26.4 Å². The fourth-order valence-electron chi connectivity index (χ4n) is 1.94. The Balaban J connectivity index is 1.83. The van der Waals surface area contributed by atoms with Crippen LogP contribution in [0.5, 0.6) is 5.75 Å². The van der Waals surface area contributed by atoms with Crippen LogP contribution < -0.4 is 10.4 Å². The predicted molar refractivity (Wildman–Crippen MR) is 75.6 cm³/mol. The van der Waals surface area contributed by atoms with Crippen LogP contribution in [0.2, 0.25) is 0 Å². The van der Waals surface area contributed by atoms with E-state index in [1.807, 2.05) is 13.0 Å². The van der Waals surface area contributed by atoms with Crippen molar-refractivity contribution in [2.24, 2.45) is 0 Å². The van der Waals surface area contributed by atoms with Gasteiger partial charge in [-0.3, -0.25) is 9.13 Å². The molecule has 0 bridgehead atoms. The van der Waals surface area contributed by atoms with Gasteiger partial charge < -0.3 is 4.74 Å². The average molecular weight is 271 g/mol. The maximum absolute atomic E-state index is 11.8. The smallest absolute Gasteiger partial charge is 0.328 e. The van der Waals surface area contributed by atoms with E-state index < -0.39 is 0 Å². The van der Waals surface area contributed by atoms with E-state index in [4.69, 9.17) is 10.00 Å². The molecule has 1 heterocycles. The molecule has 1 aromatic heterocycles. The Labute approximate surface area is 117 Å². The fourth-order valence-corrected chi connectivity index (χ4v) is 1.94. The molecule has 0 aliphatic rings. The lowest BCUT2D eigenvalue weighted by Crippen LogP contribution is -2.24. The minimum absolute atomic E-state index is 0.0129. The first-order chi connectivity index (χ1) is 9.74. The minimum atomic E-state index is 0.0129. The van der Waals surface area contributed by atoms with Crippen molar-refractivity contribution in [3.63, 3.8) is 0 Å². The van der Waals surface area contributed by atoms with Crippen molar-refractivity contribution < 1.29 is 4.74 Å². The third kappa shape index (κ3) is 3.29. The topological polar surface area (TPSA) is 59.9 Å². The molecule has 104 valence electrons. The monoisotopic (exact) mass is 271 g/mol. The highest BCUT2D eigenvalue weighted by molar-refractivity contribution is 5.36. The van der Waals surface area contributed by atoms with E-state index >= 15 is 0 Å². The van der Waals surface area contributed by atoms with E-state index in [1.54, 1.807) is 39.7 Å². The van der Waals surface area contributed by atoms with Crippen molar-refractivity contribution in [1.82, 2.24) is 9.13 Å². The van der Waals surface area contributed by atoms with Gasteiger partial charge in [0.1, 0.15) is 5.75 Å². The molecule has 0 saturated heterocycles. The van der Waals surface area contributed by atoms with Crippen LogP contribution >= 0.6 is 0 Å². The maximum Gasteiger partial charge on any atom is 0.328 e. The molecule has 0 fully saturated rings. The van der Waals surface area contributed by atoms with E-state index in [0.717, 1.165) is 6.42 Å². The summed E-state index contributed by atoms with van der Waals surface area (Å²) in [6.07, 6.45) is 4.33. The van der Waals surface area contributed by atoms with Gasteiger partial charge in [-0.15, -0.1) is 0 Å². The van der Waals surface area contributed by atoms with E-state index in [-0.39, 0.29) is 5.69 Å². The number of imidazole rings is 1. The van der Waals surface area contributed by atoms with Gasteiger partial charge in [0.2, 0.25) is 0 Å². The third-order valence-electron chi connectivity index (χ3n) is 3.03. The van der Waals surface area contributed by atoms with Crippen molar-refractivity contribution in [3.05, 3.63) is 52.7 Å². The Hall–Kier alpha value is -2.48. The van der Waals surface area contributed by atoms with E-state index in [9.17, 15) is 4.79 Å². The molecule has 0 aliphatic carbocycles. The summed E-state index contributed by atoms with van der Waals surface area (Å²) in [5.74, 6) is 0.683. The average Bonchev–Trinajstić information content (AvgIpc) is 2.84. The van der Waals surface area contributed by atoms with Crippen LogP contribution in [0.1, 0.15) is 18.9 Å². The molecule has 1 aromatic carbocycles. The van der Waals surface area contributed by atoms with Crippen LogP contribution in [0.4, 0.5) is 0 Å². The van der Waals surface area contributed by atoms with E-state index in [0.29, 0.717) is 31.0 Å². The summed E-state index contributed by atoms with van der Waals surface area (Å²) >= 11 is 0. The number of benzene rings is 1. The number of nitriles is 1. The zero-order valence-electron chi connectivity index (χ0n) is 11.5. The highest BCUT2D eigenvalue weighted by Gasteiger charge is 2.01. The van der Waals surface area contributed by atoms with Gasteiger partial charge in [0.25, 0.3) is 0 Å². The number of rotatable bonds is 6. The highest BCUT2D eigenvalue weighted by Crippen LogP contribution is 2.12. The Morgan fingerprint density at radius 2 is 2.10 bits per heavy atom. The standard InChI is InChI=1S/C15H17N3O2/c1-2-17-8-9-18(15(17)19)7-4-10-20-14-6-3-5-13(11-14)12-16/h3,5-6,8-9,11H,2,4,7,10H2,1H3. The summed E-state index contributed by atoms with van der Waals surface area (Å²) in [5, 5.41) is 8.79. The minimum Gasteiger partial charge on any atom is -0.493 e. The normalized spacial score (nSPS) is 10.2. The second kappa shape index (κ2) is 6.62. The lowest BCUT2D eigenvalue weighted by Gasteiger charge is -2.06.